The second-order valence-corrected chi connectivity index (χ2v) is 5.68. The smallest absolute Gasteiger partial charge is 0.258 e. The van der Waals surface area contributed by atoms with E-state index >= 15 is 0 Å². The van der Waals surface area contributed by atoms with Crippen molar-refractivity contribution in [1.29, 1.82) is 0 Å². The van der Waals surface area contributed by atoms with Crippen molar-refractivity contribution < 1.29 is 13.9 Å². The molecule has 0 saturated carbocycles. The van der Waals surface area contributed by atoms with E-state index in [1.807, 2.05) is 12.1 Å². The molecule has 3 heterocycles. The molecular weight excluding hydrogens is 336 g/mol. The van der Waals surface area contributed by atoms with E-state index in [1.165, 1.54) is 6.26 Å². The molecule has 0 radical (unpaired) electrons. The third kappa shape index (κ3) is 2.73. The third-order valence-electron chi connectivity index (χ3n) is 3.74. The molecule has 1 fully saturated rings. The summed E-state index contributed by atoms with van der Waals surface area (Å²) in [6.45, 7) is 0.633. The van der Waals surface area contributed by atoms with Crippen molar-refractivity contribution in [3.8, 4) is 0 Å². The molecule has 6 heteroatoms. The van der Waals surface area contributed by atoms with Crippen LogP contribution in [0.2, 0.25) is 0 Å². The van der Waals surface area contributed by atoms with E-state index in [4.69, 9.17) is 9.15 Å². The van der Waals surface area contributed by atoms with Crippen LogP contribution in [-0.4, -0.2) is 35.5 Å². The number of carbonyl (C=O) groups is 1. The zero-order chi connectivity index (χ0) is 14.8. The summed E-state index contributed by atoms with van der Waals surface area (Å²) >= 11 is 3.25. The van der Waals surface area contributed by atoms with Crippen LogP contribution in [0.3, 0.4) is 0 Å². The number of halogens is 1. The largest absolute Gasteiger partial charge is 0.457 e. The number of ether oxygens (including phenoxy) is 1. The summed E-state index contributed by atoms with van der Waals surface area (Å²) in [6, 6.07) is 5.51. The summed E-state index contributed by atoms with van der Waals surface area (Å²) in [5.74, 6) is -0.0833. The van der Waals surface area contributed by atoms with Crippen molar-refractivity contribution in [1.82, 2.24) is 9.88 Å². The maximum absolute atomic E-state index is 12.6. The van der Waals surface area contributed by atoms with Gasteiger partial charge in [0.15, 0.2) is 4.67 Å². The Kier molecular flexibility index (Phi) is 4.07. The molecule has 0 aliphatic carbocycles. The highest BCUT2D eigenvalue weighted by Gasteiger charge is 2.36. The molecule has 1 amide bonds. The predicted octanol–water partition coefficient (Wildman–Crippen LogP) is 3.04. The van der Waals surface area contributed by atoms with Gasteiger partial charge in [-0.2, -0.15) is 0 Å². The summed E-state index contributed by atoms with van der Waals surface area (Å²) in [4.78, 5) is 18.4. The average Bonchev–Trinajstić information content (AvgIpc) is 3.15. The summed E-state index contributed by atoms with van der Waals surface area (Å²) in [5, 5.41) is 0. The third-order valence-corrected chi connectivity index (χ3v) is 4.35. The van der Waals surface area contributed by atoms with Gasteiger partial charge < -0.3 is 14.1 Å². The van der Waals surface area contributed by atoms with Crippen LogP contribution in [0, 0.1) is 0 Å². The van der Waals surface area contributed by atoms with E-state index < -0.39 is 0 Å². The van der Waals surface area contributed by atoms with E-state index in [2.05, 4.69) is 20.9 Å². The summed E-state index contributed by atoms with van der Waals surface area (Å²) in [5.41, 5.74) is 1.51. The van der Waals surface area contributed by atoms with Gasteiger partial charge >= 0.3 is 0 Å². The highest BCUT2D eigenvalue weighted by Crippen LogP contribution is 2.33. The number of hydrogen-bond acceptors (Lipinski definition) is 4. The van der Waals surface area contributed by atoms with Crippen LogP contribution in [0.25, 0.3) is 0 Å². The number of hydrogen-bond donors (Lipinski definition) is 0. The summed E-state index contributed by atoms with van der Waals surface area (Å²) < 4.78 is 11.4. The zero-order valence-corrected chi connectivity index (χ0v) is 13.1. The second-order valence-electron chi connectivity index (χ2n) is 4.96. The monoisotopic (exact) mass is 350 g/mol. The number of carbonyl (C=O) groups excluding carboxylic acids is 1. The van der Waals surface area contributed by atoms with Gasteiger partial charge in [-0.25, -0.2) is 0 Å². The van der Waals surface area contributed by atoms with Crippen molar-refractivity contribution in [2.24, 2.45) is 0 Å². The fourth-order valence-corrected chi connectivity index (χ4v) is 3.03. The molecule has 1 saturated heterocycles. The molecule has 5 nitrogen and oxygen atoms in total. The lowest BCUT2D eigenvalue weighted by Crippen LogP contribution is -2.38. The quantitative estimate of drug-likeness (QED) is 0.853. The first-order valence-electron chi connectivity index (χ1n) is 6.70. The molecule has 0 bridgehead atoms. The maximum atomic E-state index is 12.6. The number of nitrogens with zero attached hydrogens (tertiary/aromatic N) is 2. The van der Waals surface area contributed by atoms with Crippen molar-refractivity contribution in [3.05, 3.63) is 52.7 Å². The number of likely N-dealkylation sites (N-methyl/N-ethyl adjacent to an activating group) is 1. The van der Waals surface area contributed by atoms with Gasteiger partial charge in [-0.1, -0.05) is 6.07 Å². The van der Waals surface area contributed by atoms with Crippen LogP contribution < -0.4 is 0 Å². The Morgan fingerprint density at radius 3 is 3.00 bits per heavy atom. The predicted molar refractivity (Wildman–Crippen MR) is 79.8 cm³/mol. The van der Waals surface area contributed by atoms with Crippen LogP contribution in [0.5, 0.6) is 0 Å². The lowest BCUT2D eigenvalue weighted by Gasteiger charge is -2.28. The van der Waals surface area contributed by atoms with Crippen LogP contribution in [0.1, 0.15) is 28.4 Å². The fourth-order valence-electron chi connectivity index (χ4n) is 2.62. The molecular formula is C15H15BrN2O3. The van der Waals surface area contributed by atoms with Gasteiger partial charge in [0.05, 0.1) is 17.9 Å². The Bertz CT molecular complexity index is 629. The van der Waals surface area contributed by atoms with Crippen LogP contribution in [-0.2, 0) is 4.74 Å². The Balaban J connectivity index is 1.82. The van der Waals surface area contributed by atoms with E-state index in [-0.39, 0.29) is 18.1 Å². The van der Waals surface area contributed by atoms with Crippen LogP contribution >= 0.6 is 15.9 Å². The lowest BCUT2D eigenvalue weighted by molar-refractivity contribution is 0.0513. The second kappa shape index (κ2) is 5.99. The molecule has 2 aromatic heterocycles. The van der Waals surface area contributed by atoms with Crippen molar-refractivity contribution in [3.63, 3.8) is 0 Å². The first kappa shape index (κ1) is 14.3. The van der Waals surface area contributed by atoms with E-state index in [0.717, 1.165) is 12.0 Å². The number of rotatable bonds is 3. The normalized spacial score (nSPS) is 21.4. The minimum atomic E-state index is -0.140. The van der Waals surface area contributed by atoms with E-state index in [9.17, 15) is 4.79 Å². The van der Waals surface area contributed by atoms with Gasteiger partial charge in [-0.15, -0.1) is 0 Å². The molecule has 0 aromatic carbocycles. The molecule has 0 unspecified atom stereocenters. The number of furan rings is 1. The Morgan fingerprint density at radius 1 is 1.48 bits per heavy atom. The topological polar surface area (TPSA) is 55.6 Å². The molecule has 2 atom stereocenters. The first-order chi connectivity index (χ1) is 10.2. The van der Waals surface area contributed by atoms with Crippen LogP contribution in [0.4, 0.5) is 0 Å². The SMILES string of the molecule is CN(C(=O)c1ccoc1Br)[C@H]1CCO[C@@H]1c1cccnc1. The van der Waals surface area contributed by atoms with Gasteiger partial charge in [-0.3, -0.25) is 9.78 Å². The average molecular weight is 351 g/mol. The van der Waals surface area contributed by atoms with Gasteiger partial charge in [-0.05, 0) is 34.5 Å². The molecule has 110 valence electrons. The summed E-state index contributed by atoms with van der Waals surface area (Å²) in [6.07, 6.45) is 5.67. The Morgan fingerprint density at radius 2 is 2.33 bits per heavy atom. The van der Waals surface area contributed by atoms with E-state index in [1.54, 1.807) is 30.4 Å². The van der Waals surface area contributed by atoms with Gasteiger partial charge in [0.25, 0.3) is 5.91 Å². The number of pyridine rings is 1. The van der Waals surface area contributed by atoms with Gasteiger partial charge in [0, 0.05) is 31.6 Å². The molecule has 0 N–H and O–H groups in total. The molecule has 21 heavy (non-hydrogen) atoms. The molecule has 1 aliphatic heterocycles. The minimum absolute atomic E-state index is 0.0106. The van der Waals surface area contributed by atoms with Gasteiger partial charge in [0.1, 0.15) is 6.10 Å². The highest BCUT2D eigenvalue weighted by atomic mass is 79.9. The minimum Gasteiger partial charge on any atom is -0.457 e. The lowest BCUT2D eigenvalue weighted by atomic mass is 10.0. The molecule has 3 rings (SSSR count). The highest BCUT2D eigenvalue weighted by molar-refractivity contribution is 9.10. The summed E-state index contributed by atoms with van der Waals surface area (Å²) in [7, 11) is 1.80. The molecule has 1 aliphatic rings. The number of amides is 1. The molecule has 2 aromatic rings. The Hall–Kier alpha value is -1.66. The maximum Gasteiger partial charge on any atom is 0.258 e. The van der Waals surface area contributed by atoms with Crippen LogP contribution in [0.15, 0.2) is 45.9 Å². The Labute approximate surface area is 131 Å². The van der Waals surface area contributed by atoms with Gasteiger partial charge in [0.2, 0.25) is 0 Å². The first-order valence-corrected chi connectivity index (χ1v) is 7.49. The standard InChI is InChI=1S/C15H15BrN2O3/c1-18(15(19)11-4-7-21-14(11)16)12-5-8-20-13(12)10-3-2-6-17-9-10/h2-4,6-7,9,12-13H,5,8H2,1H3/t12-,13+/m0/s1. The molecule has 0 spiro atoms. The van der Waals surface area contributed by atoms with Crippen molar-refractivity contribution in [2.75, 3.05) is 13.7 Å². The fraction of sp³-hybridized carbons (Fsp3) is 0.333. The number of aromatic nitrogens is 1. The van der Waals surface area contributed by atoms with Crippen molar-refractivity contribution in [2.45, 2.75) is 18.6 Å². The van der Waals surface area contributed by atoms with E-state index in [0.29, 0.717) is 16.8 Å². The zero-order valence-electron chi connectivity index (χ0n) is 11.5. The van der Waals surface area contributed by atoms with Crippen molar-refractivity contribution >= 4 is 21.8 Å².